The average molecular weight is 388 g/mol. The zero-order valence-corrected chi connectivity index (χ0v) is 15.8. The highest BCUT2D eigenvalue weighted by Crippen LogP contribution is 2.38. The number of hydrogen-bond acceptors (Lipinski definition) is 4. The molecule has 0 amide bonds. The Morgan fingerprint density at radius 3 is 2.32 bits per heavy atom. The van der Waals surface area contributed by atoms with Crippen LogP contribution in [0.1, 0.15) is 24.9 Å². The predicted octanol–water partition coefficient (Wildman–Crippen LogP) is 6.44. The van der Waals surface area contributed by atoms with E-state index in [0.717, 1.165) is 38.6 Å². The van der Waals surface area contributed by atoms with E-state index in [2.05, 4.69) is 24.4 Å². The van der Waals surface area contributed by atoms with Crippen molar-refractivity contribution in [3.63, 3.8) is 0 Å². The molecule has 1 atom stereocenters. The minimum absolute atomic E-state index is 0.154. The van der Waals surface area contributed by atoms with Gasteiger partial charge in [-0.05, 0) is 36.8 Å². The van der Waals surface area contributed by atoms with Crippen molar-refractivity contribution in [2.45, 2.75) is 19.4 Å². The third-order valence-electron chi connectivity index (χ3n) is 4.15. The maximum atomic E-state index is 6.02. The van der Waals surface area contributed by atoms with E-state index in [4.69, 9.17) is 33.3 Å². The summed E-state index contributed by atoms with van der Waals surface area (Å²) in [5.74, 6) is 0. The molecule has 0 radical (unpaired) electrons. The Hall–Kier alpha value is -1.88. The fraction of sp³-hybridized carbons (Fsp3) is 0.158. The van der Waals surface area contributed by atoms with Crippen molar-refractivity contribution in [2.24, 2.45) is 5.10 Å². The Bertz CT molecular complexity index is 917. The van der Waals surface area contributed by atoms with Crippen LogP contribution in [0.5, 0.6) is 0 Å². The summed E-state index contributed by atoms with van der Waals surface area (Å²) in [6, 6.07) is 15.8. The van der Waals surface area contributed by atoms with Crippen molar-refractivity contribution in [1.82, 2.24) is 4.98 Å². The molecule has 126 valence electrons. The molecule has 1 aliphatic heterocycles. The molecule has 1 unspecified atom stereocenters. The predicted molar refractivity (Wildman–Crippen MR) is 107 cm³/mol. The number of hydrogen-bond donors (Lipinski definition) is 0. The lowest BCUT2D eigenvalue weighted by Crippen LogP contribution is -2.18. The molecule has 0 N–H and O–H groups in total. The maximum Gasteiger partial charge on any atom is 0.207 e. The highest BCUT2D eigenvalue weighted by molar-refractivity contribution is 7.14. The molecule has 25 heavy (non-hydrogen) atoms. The van der Waals surface area contributed by atoms with E-state index in [1.807, 2.05) is 41.4 Å². The second-order valence-corrected chi connectivity index (χ2v) is 7.68. The van der Waals surface area contributed by atoms with Gasteiger partial charge in [0.15, 0.2) is 0 Å². The van der Waals surface area contributed by atoms with Gasteiger partial charge >= 0.3 is 0 Å². The molecule has 1 aliphatic rings. The van der Waals surface area contributed by atoms with E-state index in [-0.39, 0.29) is 6.04 Å². The van der Waals surface area contributed by atoms with Crippen LogP contribution >= 0.6 is 34.5 Å². The third kappa shape index (κ3) is 3.43. The second-order valence-electron chi connectivity index (χ2n) is 5.97. The minimum Gasteiger partial charge on any atom is -0.231 e. The van der Waals surface area contributed by atoms with Gasteiger partial charge in [-0.2, -0.15) is 5.10 Å². The quantitative estimate of drug-likeness (QED) is 0.516. The molecule has 6 heteroatoms. The number of rotatable bonds is 3. The van der Waals surface area contributed by atoms with Crippen LogP contribution in [0, 0.1) is 0 Å². The Morgan fingerprint density at radius 2 is 1.64 bits per heavy atom. The van der Waals surface area contributed by atoms with E-state index < -0.39 is 0 Å². The van der Waals surface area contributed by atoms with Crippen molar-refractivity contribution in [3.8, 4) is 11.3 Å². The smallest absolute Gasteiger partial charge is 0.207 e. The lowest BCUT2D eigenvalue weighted by Gasteiger charge is -2.21. The lowest BCUT2D eigenvalue weighted by molar-refractivity contribution is 0.706. The lowest BCUT2D eigenvalue weighted by atomic mass is 10.0. The monoisotopic (exact) mass is 387 g/mol. The van der Waals surface area contributed by atoms with Crippen molar-refractivity contribution < 1.29 is 0 Å². The second kappa shape index (κ2) is 6.79. The first kappa shape index (κ1) is 16.6. The first-order valence-corrected chi connectivity index (χ1v) is 9.54. The summed E-state index contributed by atoms with van der Waals surface area (Å²) in [5, 5.41) is 11.1. The van der Waals surface area contributed by atoms with Gasteiger partial charge in [-0.3, -0.25) is 0 Å². The number of aromatic nitrogens is 1. The van der Waals surface area contributed by atoms with Crippen LogP contribution in [0.2, 0.25) is 10.0 Å². The van der Waals surface area contributed by atoms with E-state index in [9.17, 15) is 0 Å². The number of nitrogens with zero attached hydrogens (tertiary/aromatic N) is 3. The van der Waals surface area contributed by atoms with Crippen molar-refractivity contribution in [1.29, 1.82) is 0 Å². The Morgan fingerprint density at radius 1 is 1.00 bits per heavy atom. The number of hydrazone groups is 1. The van der Waals surface area contributed by atoms with Crippen LogP contribution in [0.15, 0.2) is 59.0 Å². The summed E-state index contributed by atoms with van der Waals surface area (Å²) in [7, 11) is 0. The van der Waals surface area contributed by atoms with Gasteiger partial charge < -0.3 is 0 Å². The summed E-state index contributed by atoms with van der Waals surface area (Å²) in [5.41, 5.74) is 4.28. The molecule has 0 fully saturated rings. The normalized spacial score (nSPS) is 17.0. The van der Waals surface area contributed by atoms with Crippen LogP contribution in [0.3, 0.4) is 0 Å². The van der Waals surface area contributed by atoms with E-state index in [0.29, 0.717) is 0 Å². The van der Waals surface area contributed by atoms with Gasteiger partial charge in [-0.25, -0.2) is 9.99 Å². The van der Waals surface area contributed by atoms with Crippen LogP contribution in [0.4, 0.5) is 5.13 Å². The summed E-state index contributed by atoms with van der Waals surface area (Å²) >= 11 is 13.6. The highest BCUT2D eigenvalue weighted by Gasteiger charge is 2.29. The molecule has 2 heterocycles. The topological polar surface area (TPSA) is 28.5 Å². The summed E-state index contributed by atoms with van der Waals surface area (Å²) < 4.78 is 0. The molecule has 3 nitrogen and oxygen atoms in total. The maximum absolute atomic E-state index is 6.02. The fourth-order valence-electron chi connectivity index (χ4n) is 2.90. The van der Waals surface area contributed by atoms with Crippen LogP contribution < -0.4 is 5.01 Å². The molecule has 0 bridgehead atoms. The summed E-state index contributed by atoms with van der Waals surface area (Å²) in [6.45, 7) is 2.05. The molecule has 0 saturated heterocycles. The van der Waals surface area contributed by atoms with Crippen molar-refractivity contribution in [3.05, 3.63) is 69.5 Å². The summed E-state index contributed by atoms with van der Waals surface area (Å²) in [6.07, 6.45) is 0.886. The zero-order valence-electron chi connectivity index (χ0n) is 13.5. The Balaban J connectivity index is 1.65. The molecule has 0 spiro atoms. The zero-order chi connectivity index (χ0) is 17.4. The van der Waals surface area contributed by atoms with Gasteiger partial charge in [0, 0.05) is 33.1 Å². The first-order chi connectivity index (χ1) is 12.1. The highest BCUT2D eigenvalue weighted by atomic mass is 35.5. The van der Waals surface area contributed by atoms with Crippen LogP contribution in [0.25, 0.3) is 11.3 Å². The average Bonchev–Trinajstić information content (AvgIpc) is 3.23. The van der Waals surface area contributed by atoms with Crippen LogP contribution in [-0.4, -0.2) is 10.7 Å². The molecule has 3 aromatic rings. The SMILES string of the molecule is CC1=NN(c2nc(-c3ccc(Cl)cc3)cs2)C(c2ccc(Cl)cc2)C1. The van der Waals surface area contributed by atoms with Crippen molar-refractivity contribution >= 4 is 45.4 Å². The summed E-state index contributed by atoms with van der Waals surface area (Å²) in [4.78, 5) is 4.79. The van der Waals surface area contributed by atoms with Gasteiger partial charge in [-0.1, -0.05) is 47.5 Å². The molecule has 1 aromatic heterocycles. The Labute approximate surface area is 160 Å². The van der Waals surface area contributed by atoms with Gasteiger partial charge in [0.05, 0.1) is 11.7 Å². The van der Waals surface area contributed by atoms with E-state index >= 15 is 0 Å². The van der Waals surface area contributed by atoms with Gasteiger partial charge in [0.1, 0.15) is 0 Å². The standard InChI is InChI=1S/C19H15Cl2N3S/c1-12-10-18(14-4-8-16(21)9-5-14)24(23-12)19-22-17(11-25-19)13-2-6-15(20)7-3-13/h2-9,11,18H,10H2,1H3. The van der Waals surface area contributed by atoms with Crippen molar-refractivity contribution in [2.75, 3.05) is 5.01 Å². The molecule has 0 aliphatic carbocycles. The third-order valence-corrected chi connectivity index (χ3v) is 5.48. The number of thiazole rings is 1. The van der Waals surface area contributed by atoms with E-state index in [1.54, 1.807) is 11.3 Å². The number of halogens is 2. The molecule has 0 saturated carbocycles. The number of anilines is 1. The molecule has 4 rings (SSSR count). The Kier molecular flexibility index (Phi) is 4.50. The van der Waals surface area contributed by atoms with Gasteiger partial charge in [0.2, 0.25) is 5.13 Å². The van der Waals surface area contributed by atoms with Gasteiger partial charge in [0.25, 0.3) is 0 Å². The fourth-order valence-corrected chi connectivity index (χ4v) is 3.99. The minimum atomic E-state index is 0.154. The molecule has 2 aromatic carbocycles. The first-order valence-electron chi connectivity index (χ1n) is 7.90. The van der Waals surface area contributed by atoms with Gasteiger partial charge in [-0.15, -0.1) is 11.3 Å². The molecular weight excluding hydrogens is 373 g/mol. The van der Waals surface area contributed by atoms with Crippen LogP contribution in [-0.2, 0) is 0 Å². The largest absolute Gasteiger partial charge is 0.231 e. The van der Waals surface area contributed by atoms with E-state index in [1.165, 1.54) is 5.56 Å². The number of benzene rings is 2. The molecular formula is C19H15Cl2N3S.